The van der Waals surface area contributed by atoms with Crippen molar-refractivity contribution in [2.45, 2.75) is 32.9 Å². The summed E-state index contributed by atoms with van der Waals surface area (Å²) in [6, 6.07) is 6.24. The van der Waals surface area contributed by atoms with E-state index < -0.39 is 17.5 Å². The fourth-order valence-electron chi connectivity index (χ4n) is 2.30. The van der Waals surface area contributed by atoms with Gasteiger partial charge in [0.15, 0.2) is 5.78 Å². The van der Waals surface area contributed by atoms with Gasteiger partial charge < -0.3 is 24.8 Å². The fourth-order valence-corrected chi connectivity index (χ4v) is 2.30. The second kappa shape index (κ2) is 7.94. The van der Waals surface area contributed by atoms with Gasteiger partial charge in [-0.1, -0.05) is 0 Å². The van der Waals surface area contributed by atoms with E-state index >= 15 is 0 Å². The molecule has 1 aromatic heterocycles. The van der Waals surface area contributed by atoms with E-state index in [4.69, 9.17) is 4.74 Å². The summed E-state index contributed by atoms with van der Waals surface area (Å²) >= 11 is 0. The van der Waals surface area contributed by atoms with E-state index in [0.29, 0.717) is 0 Å². The number of hydrogen-bond donors (Lipinski definition) is 3. The summed E-state index contributed by atoms with van der Waals surface area (Å²) < 4.78 is 6.39. The molecule has 0 atom stereocenters. The molecule has 1 aromatic carbocycles. The van der Waals surface area contributed by atoms with Crippen LogP contribution in [0.15, 0.2) is 41.3 Å². The molecule has 144 valence electrons. The SMILES string of the molecule is CC(C)(C)OC(=O)NCCn1cc(C(=O)c2ccc(O)cc2O)ccc1=O. The van der Waals surface area contributed by atoms with E-state index in [0.717, 1.165) is 6.07 Å². The average Bonchev–Trinajstić information content (AvgIpc) is 2.54. The molecule has 1 heterocycles. The Hall–Kier alpha value is -3.29. The molecule has 0 aliphatic heterocycles. The first kappa shape index (κ1) is 20.0. The third kappa shape index (κ3) is 5.60. The molecule has 1 amide bonds. The maximum atomic E-state index is 12.5. The molecule has 8 nitrogen and oxygen atoms in total. The van der Waals surface area contributed by atoms with Crippen molar-refractivity contribution < 1.29 is 24.5 Å². The highest BCUT2D eigenvalue weighted by Crippen LogP contribution is 2.24. The highest BCUT2D eigenvalue weighted by molar-refractivity contribution is 6.10. The molecule has 0 fully saturated rings. The fraction of sp³-hybridized carbons (Fsp3) is 0.316. The first-order chi connectivity index (χ1) is 12.6. The summed E-state index contributed by atoms with van der Waals surface area (Å²) in [7, 11) is 0. The zero-order valence-corrected chi connectivity index (χ0v) is 15.4. The van der Waals surface area contributed by atoms with Crippen LogP contribution in [-0.4, -0.2) is 38.8 Å². The minimum absolute atomic E-state index is 0.00452. The molecule has 0 aliphatic rings. The molecule has 0 unspecified atom stereocenters. The van der Waals surface area contributed by atoms with Crippen molar-refractivity contribution in [3.8, 4) is 11.5 Å². The number of ketones is 1. The van der Waals surface area contributed by atoms with Gasteiger partial charge in [-0.25, -0.2) is 4.79 Å². The topological polar surface area (TPSA) is 118 Å². The summed E-state index contributed by atoms with van der Waals surface area (Å²) in [5.74, 6) is -1.02. The van der Waals surface area contributed by atoms with Gasteiger partial charge in [0.05, 0.1) is 5.56 Å². The molecule has 3 N–H and O–H groups in total. The van der Waals surface area contributed by atoms with Crippen LogP contribution in [0.2, 0.25) is 0 Å². The molecule has 2 aromatic rings. The van der Waals surface area contributed by atoms with Crippen LogP contribution in [0.25, 0.3) is 0 Å². The van der Waals surface area contributed by atoms with Gasteiger partial charge in [-0.15, -0.1) is 0 Å². The number of amides is 1. The van der Waals surface area contributed by atoms with Crippen molar-refractivity contribution in [3.05, 3.63) is 58.0 Å². The molecule has 0 saturated carbocycles. The predicted molar refractivity (Wildman–Crippen MR) is 98.1 cm³/mol. The van der Waals surface area contributed by atoms with Crippen molar-refractivity contribution >= 4 is 11.9 Å². The van der Waals surface area contributed by atoms with Crippen LogP contribution in [-0.2, 0) is 11.3 Å². The number of nitrogens with zero attached hydrogens (tertiary/aromatic N) is 1. The van der Waals surface area contributed by atoms with Crippen LogP contribution in [0.4, 0.5) is 4.79 Å². The van der Waals surface area contributed by atoms with Crippen molar-refractivity contribution in [2.75, 3.05) is 6.54 Å². The average molecular weight is 374 g/mol. The highest BCUT2D eigenvalue weighted by atomic mass is 16.6. The number of carbonyl (C=O) groups is 2. The van der Waals surface area contributed by atoms with Gasteiger partial charge in [-0.2, -0.15) is 0 Å². The molecule has 27 heavy (non-hydrogen) atoms. The van der Waals surface area contributed by atoms with Crippen molar-refractivity contribution in [1.29, 1.82) is 0 Å². The van der Waals surface area contributed by atoms with Crippen LogP contribution in [0.5, 0.6) is 11.5 Å². The quantitative estimate of drug-likeness (QED) is 0.689. The number of rotatable bonds is 5. The Kier molecular flexibility index (Phi) is 5.89. The van der Waals surface area contributed by atoms with Crippen LogP contribution in [0.1, 0.15) is 36.7 Å². The Balaban J connectivity index is 2.10. The number of benzene rings is 1. The van der Waals surface area contributed by atoms with E-state index in [1.165, 1.54) is 35.0 Å². The summed E-state index contributed by atoms with van der Waals surface area (Å²) in [5.41, 5.74) is -0.774. The maximum Gasteiger partial charge on any atom is 0.407 e. The number of nitrogens with one attached hydrogen (secondary N) is 1. The zero-order valence-electron chi connectivity index (χ0n) is 15.4. The van der Waals surface area contributed by atoms with Crippen LogP contribution in [0, 0.1) is 0 Å². The van der Waals surface area contributed by atoms with E-state index in [1.807, 2.05) is 0 Å². The lowest BCUT2D eigenvalue weighted by Gasteiger charge is -2.19. The zero-order chi connectivity index (χ0) is 20.2. The Morgan fingerprint density at radius 3 is 2.48 bits per heavy atom. The van der Waals surface area contributed by atoms with Gasteiger partial charge in [0, 0.05) is 37.0 Å². The Morgan fingerprint density at radius 1 is 1.15 bits per heavy atom. The van der Waals surface area contributed by atoms with Crippen LogP contribution in [0.3, 0.4) is 0 Å². The standard InChI is InChI=1S/C19H22N2O6/c1-19(2,3)27-18(26)20-8-9-21-11-12(4-7-16(21)24)17(25)14-6-5-13(22)10-15(14)23/h4-7,10-11,22-23H,8-9H2,1-3H3,(H,20,26). The molecular weight excluding hydrogens is 352 g/mol. The van der Waals surface area contributed by atoms with E-state index in [1.54, 1.807) is 20.8 Å². The summed E-state index contributed by atoms with van der Waals surface area (Å²) in [6.45, 7) is 5.50. The van der Waals surface area contributed by atoms with E-state index in [9.17, 15) is 24.6 Å². The van der Waals surface area contributed by atoms with Gasteiger partial charge in [0.2, 0.25) is 0 Å². The first-order valence-corrected chi connectivity index (χ1v) is 8.31. The van der Waals surface area contributed by atoms with Gasteiger partial charge >= 0.3 is 6.09 Å². The molecule has 0 saturated heterocycles. The number of alkyl carbamates (subject to hydrolysis) is 1. The van der Waals surface area contributed by atoms with Crippen LogP contribution < -0.4 is 10.9 Å². The number of phenols is 2. The normalized spacial score (nSPS) is 11.1. The maximum absolute atomic E-state index is 12.5. The molecular formula is C19H22N2O6. The Bertz CT molecular complexity index is 911. The predicted octanol–water partition coefficient (Wildman–Crippen LogP) is 2.02. The molecule has 2 rings (SSSR count). The summed E-state index contributed by atoms with van der Waals surface area (Å²) in [5, 5.41) is 21.7. The monoisotopic (exact) mass is 374 g/mol. The summed E-state index contributed by atoms with van der Waals surface area (Å²) in [6.07, 6.45) is 0.755. The smallest absolute Gasteiger partial charge is 0.407 e. The number of aromatic hydroxyl groups is 2. The summed E-state index contributed by atoms with van der Waals surface area (Å²) in [4.78, 5) is 36.1. The number of carbonyl (C=O) groups excluding carboxylic acids is 2. The van der Waals surface area contributed by atoms with E-state index in [2.05, 4.69) is 5.32 Å². The molecule has 0 aliphatic carbocycles. The number of aromatic nitrogens is 1. The molecule has 8 heteroatoms. The minimum atomic E-state index is -0.626. The largest absolute Gasteiger partial charge is 0.508 e. The minimum Gasteiger partial charge on any atom is -0.508 e. The van der Waals surface area contributed by atoms with Crippen molar-refractivity contribution in [2.24, 2.45) is 0 Å². The number of ether oxygens (including phenoxy) is 1. The highest BCUT2D eigenvalue weighted by Gasteiger charge is 2.17. The lowest BCUT2D eigenvalue weighted by atomic mass is 10.0. The molecule has 0 radical (unpaired) electrons. The lowest BCUT2D eigenvalue weighted by Crippen LogP contribution is -2.35. The van der Waals surface area contributed by atoms with Crippen molar-refractivity contribution in [1.82, 2.24) is 9.88 Å². The lowest BCUT2D eigenvalue weighted by molar-refractivity contribution is 0.0525. The van der Waals surface area contributed by atoms with Gasteiger partial charge in [-0.3, -0.25) is 9.59 Å². The second-order valence-corrected chi connectivity index (χ2v) is 6.91. The third-order valence-corrected chi connectivity index (χ3v) is 3.49. The van der Waals surface area contributed by atoms with Gasteiger partial charge in [0.25, 0.3) is 5.56 Å². The molecule has 0 spiro atoms. The van der Waals surface area contributed by atoms with Gasteiger partial charge in [-0.05, 0) is 39.0 Å². The number of phenolic OH excluding ortho intramolecular Hbond substituents is 2. The van der Waals surface area contributed by atoms with Gasteiger partial charge in [0.1, 0.15) is 17.1 Å². The molecule has 0 bridgehead atoms. The Labute approximate surface area is 156 Å². The van der Waals surface area contributed by atoms with E-state index in [-0.39, 0.29) is 41.3 Å². The number of hydrogen-bond acceptors (Lipinski definition) is 6. The Morgan fingerprint density at radius 2 is 1.85 bits per heavy atom. The third-order valence-electron chi connectivity index (χ3n) is 3.49. The van der Waals surface area contributed by atoms with Crippen LogP contribution >= 0.6 is 0 Å². The second-order valence-electron chi connectivity index (χ2n) is 6.91. The first-order valence-electron chi connectivity index (χ1n) is 8.31. The van der Waals surface area contributed by atoms with Crippen molar-refractivity contribution in [3.63, 3.8) is 0 Å². The number of pyridine rings is 1.